The van der Waals surface area contributed by atoms with Crippen molar-refractivity contribution in [2.24, 2.45) is 5.92 Å². The average Bonchev–Trinajstić information content (AvgIpc) is 2.35. The number of carbonyl (C=O) groups is 3. The minimum Gasteiger partial charge on any atom is -0.480 e. The van der Waals surface area contributed by atoms with Gasteiger partial charge in [-0.2, -0.15) is 13.2 Å². The van der Waals surface area contributed by atoms with E-state index in [1.165, 1.54) is 0 Å². The van der Waals surface area contributed by atoms with E-state index >= 15 is 0 Å². The third kappa shape index (κ3) is 5.12. The van der Waals surface area contributed by atoms with E-state index in [1.807, 2.05) is 0 Å². The van der Waals surface area contributed by atoms with Crippen LogP contribution >= 0.6 is 0 Å². The summed E-state index contributed by atoms with van der Waals surface area (Å²) in [5.41, 5.74) is 0. The molecule has 0 saturated carbocycles. The topological polar surface area (TPSA) is 98.1 Å². The summed E-state index contributed by atoms with van der Waals surface area (Å²) >= 11 is 0. The molecule has 0 spiro atoms. The van der Waals surface area contributed by atoms with Gasteiger partial charge in [-0.1, -0.05) is 0 Å². The van der Waals surface area contributed by atoms with E-state index in [0.717, 1.165) is 4.90 Å². The SMILES string of the molecule is O=C(O)CN(CC(=O)O)C(=O)N1CCC(C(F)(F)F)CC1. The molecule has 1 aliphatic heterocycles. The van der Waals surface area contributed by atoms with Crippen molar-refractivity contribution in [2.75, 3.05) is 26.2 Å². The number of hydrogen-bond donors (Lipinski definition) is 2. The molecule has 1 fully saturated rings. The van der Waals surface area contributed by atoms with Crippen molar-refractivity contribution in [1.29, 1.82) is 0 Å². The molecule has 0 unspecified atom stereocenters. The number of alkyl halides is 3. The van der Waals surface area contributed by atoms with Gasteiger partial charge in [-0.15, -0.1) is 0 Å². The first-order chi connectivity index (χ1) is 9.61. The fraction of sp³-hybridized carbons (Fsp3) is 0.727. The molecule has 1 aliphatic rings. The van der Waals surface area contributed by atoms with Gasteiger partial charge >= 0.3 is 24.1 Å². The number of hydrogen-bond acceptors (Lipinski definition) is 3. The van der Waals surface area contributed by atoms with Gasteiger partial charge in [0.2, 0.25) is 0 Å². The summed E-state index contributed by atoms with van der Waals surface area (Å²) in [4.78, 5) is 34.8. The molecule has 21 heavy (non-hydrogen) atoms. The van der Waals surface area contributed by atoms with Crippen molar-refractivity contribution < 1.29 is 37.8 Å². The number of rotatable bonds is 4. The van der Waals surface area contributed by atoms with Gasteiger partial charge in [0.25, 0.3) is 0 Å². The van der Waals surface area contributed by atoms with Gasteiger partial charge in [0, 0.05) is 13.1 Å². The number of carboxylic acids is 2. The Kier molecular flexibility index (Phi) is 5.39. The summed E-state index contributed by atoms with van der Waals surface area (Å²) < 4.78 is 37.5. The Labute approximate surface area is 117 Å². The number of urea groups is 1. The molecule has 0 atom stereocenters. The first kappa shape index (κ1) is 17.1. The van der Waals surface area contributed by atoms with E-state index in [-0.39, 0.29) is 25.9 Å². The molecule has 2 N–H and O–H groups in total. The van der Waals surface area contributed by atoms with Crippen LogP contribution in [0.4, 0.5) is 18.0 Å². The largest absolute Gasteiger partial charge is 0.480 e. The number of carbonyl (C=O) groups excluding carboxylic acids is 1. The van der Waals surface area contributed by atoms with E-state index in [0.29, 0.717) is 4.90 Å². The zero-order chi connectivity index (χ0) is 16.2. The highest BCUT2D eigenvalue weighted by Crippen LogP contribution is 2.34. The quantitative estimate of drug-likeness (QED) is 0.802. The molecular formula is C11H15F3N2O5. The molecule has 0 radical (unpaired) electrons. The zero-order valence-electron chi connectivity index (χ0n) is 11.0. The fourth-order valence-electron chi connectivity index (χ4n) is 2.12. The maximum Gasteiger partial charge on any atom is 0.391 e. The lowest BCUT2D eigenvalue weighted by Crippen LogP contribution is -2.50. The Morgan fingerprint density at radius 1 is 1.05 bits per heavy atom. The molecule has 1 saturated heterocycles. The number of carboxylic acid groups (broad SMARTS) is 2. The minimum absolute atomic E-state index is 0.182. The standard InChI is InChI=1S/C11H15F3N2O5/c12-11(13,14)7-1-3-15(4-2-7)10(21)16(5-8(17)18)6-9(19)20/h7H,1-6H2,(H,17,18)(H,19,20). The third-order valence-electron chi connectivity index (χ3n) is 3.15. The van der Waals surface area contributed by atoms with E-state index in [1.54, 1.807) is 0 Å². The normalized spacial score (nSPS) is 16.6. The molecule has 0 aromatic carbocycles. The second kappa shape index (κ2) is 6.64. The van der Waals surface area contributed by atoms with Crippen LogP contribution in [-0.2, 0) is 9.59 Å². The maximum atomic E-state index is 12.5. The molecule has 2 amide bonds. The number of amides is 2. The van der Waals surface area contributed by atoms with Crippen molar-refractivity contribution in [2.45, 2.75) is 19.0 Å². The molecule has 10 heteroatoms. The summed E-state index contributed by atoms with van der Waals surface area (Å²) in [6.45, 7) is -1.99. The number of piperidine rings is 1. The van der Waals surface area contributed by atoms with E-state index in [4.69, 9.17) is 10.2 Å². The van der Waals surface area contributed by atoms with E-state index in [2.05, 4.69) is 0 Å². The van der Waals surface area contributed by atoms with Crippen molar-refractivity contribution >= 4 is 18.0 Å². The lowest BCUT2D eigenvalue weighted by atomic mass is 9.96. The molecule has 0 aliphatic carbocycles. The highest BCUT2D eigenvalue weighted by atomic mass is 19.4. The summed E-state index contributed by atoms with van der Waals surface area (Å²) in [7, 11) is 0. The average molecular weight is 312 g/mol. The number of halogens is 3. The molecule has 120 valence electrons. The minimum atomic E-state index is -4.32. The van der Waals surface area contributed by atoms with Crippen LogP contribution in [0, 0.1) is 5.92 Å². The second-order valence-corrected chi connectivity index (χ2v) is 4.73. The van der Waals surface area contributed by atoms with Crippen molar-refractivity contribution in [1.82, 2.24) is 9.80 Å². The van der Waals surface area contributed by atoms with Gasteiger partial charge in [-0.25, -0.2) is 4.79 Å². The summed E-state index contributed by atoms with van der Waals surface area (Å²) in [6, 6.07) is -0.875. The molecular weight excluding hydrogens is 297 g/mol. The van der Waals surface area contributed by atoms with Gasteiger partial charge in [0.15, 0.2) is 0 Å². The number of nitrogens with zero attached hydrogens (tertiary/aromatic N) is 2. The Balaban J connectivity index is 2.65. The van der Waals surface area contributed by atoms with Crippen LogP contribution in [0.1, 0.15) is 12.8 Å². The summed E-state index contributed by atoms with van der Waals surface area (Å²) in [6.07, 6.45) is -4.87. The van der Waals surface area contributed by atoms with Crippen LogP contribution in [0.25, 0.3) is 0 Å². The Morgan fingerprint density at radius 3 is 1.81 bits per heavy atom. The summed E-state index contributed by atoms with van der Waals surface area (Å²) in [5.74, 6) is -4.28. The van der Waals surface area contributed by atoms with Gasteiger partial charge < -0.3 is 20.0 Å². The van der Waals surface area contributed by atoms with Crippen LogP contribution in [0.3, 0.4) is 0 Å². The second-order valence-electron chi connectivity index (χ2n) is 4.73. The molecule has 0 aromatic rings. The number of likely N-dealkylation sites (tertiary alicyclic amines) is 1. The highest BCUT2D eigenvalue weighted by Gasteiger charge is 2.42. The van der Waals surface area contributed by atoms with Gasteiger partial charge in [0.1, 0.15) is 13.1 Å². The van der Waals surface area contributed by atoms with E-state index in [9.17, 15) is 27.6 Å². The third-order valence-corrected chi connectivity index (χ3v) is 3.15. The van der Waals surface area contributed by atoms with Gasteiger partial charge in [-0.3, -0.25) is 9.59 Å². The van der Waals surface area contributed by atoms with Crippen molar-refractivity contribution in [3.8, 4) is 0 Å². The zero-order valence-corrected chi connectivity index (χ0v) is 11.0. The smallest absolute Gasteiger partial charge is 0.391 e. The Hall–Kier alpha value is -2.00. The lowest BCUT2D eigenvalue weighted by molar-refractivity contribution is -0.183. The number of aliphatic carboxylic acids is 2. The molecule has 7 nitrogen and oxygen atoms in total. The first-order valence-corrected chi connectivity index (χ1v) is 6.15. The fourth-order valence-corrected chi connectivity index (χ4v) is 2.12. The monoisotopic (exact) mass is 312 g/mol. The maximum absolute atomic E-state index is 12.5. The van der Waals surface area contributed by atoms with Crippen LogP contribution in [0.5, 0.6) is 0 Å². The molecule has 1 rings (SSSR count). The van der Waals surface area contributed by atoms with E-state index < -0.39 is 43.2 Å². The van der Waals surface area contributed by atoms with Crippen LogP contribution in [-0.4, -0.2) is 70.3 Å². The Morgan fingerprint density at radius 2 is 1.48 bits per heavy atom. The lowest BCUT2D eigenvalue weighted by Gasteiger charge is -2.35. The van der Waals surface area contributed by atoms with Crippen LogP contribution < -0.4 is 0 Å². The first-order valence-electron chi connectivity index (χ1n) is 6.15. The predicted molar refractivity (Wildman–Crippen MR) is 62.6 cm³/mol. The summed E-state index contributed by atoms with van der Waals surface area (Å²) in [5, 5.41) is 17.3. The van der Waals surface area contributed by atoms with Gasteiger partial charge in [-0.05, 0) is 12.8 Å². The Bertz CT molecular complexity index is 403. The van der Waals surface area contributed by atoms with Gasteiger partial charge in [0.05, 0.1) is 5.92 Å². The molecule has 0 bridgehead atoms. The van der Waals surface area contributed by atoms with Crippen molar-refractivity contribution in [3.05, 3.63) is 0 Å². The molecule has 1 heterocycles. The predicted octanol–water partition coefficient (Wildman–Crippen LogP) is 0.852. The van der Waals surface area contributed by atoms with Crippen LogP contribution in [0.2, 0.25) is 0 Å². The molecule has 0 aromatic heterocycles. The van der Waals surface area contributed by atoms with Crippen LogP contribution in [0.15, 0.2) is 0 Å². The highest BCUT2D eigenvalue weighted by molar-refractivity contribution is 5.84. The van der Waals surface area contributed by atoms with Crippen molar-refractivity contribution in [3.63, 3.8) is 0 Å².